The van der Waals surface area contributed by atoms with Crippen molar-refractivity contribution in [3.63, 3.8) is 0 Å². The lowest BCUT2D eigenvalue weighted by atomic mass is 10.2. The first kappa shape index (κ1) is 12.6. The summed E-state index contributed by atoms with van der Waals surface area (Å²) in [5, 5.41) is 7.47. The molecule has 2 heterocycles. The van der Waals surface area contributed by atoms with Crippen LogP contribution in [0, 0.1) is 0 Å². The highest BCUT2D eigenvalue weighted by Gasteiger charge is 2.30. The van der Waals surface area contributed by atoms with Crippen molar-refractivity contribution in [2.24, 2.45) is 0 Å². The highest BCUT2D eigenvalue weighted by atomic mass is 32.1. The number of amides is 1. The molecule has 0 aliphatic carbocycles. The Bertz CT molecular complexity index is 350. The van der Waals surface area contributed by atoms with E-state index in [-0.39, 0.29) is 12.1 Å². The van der Waals surface area contributed by atoms with Gasteiger partial charge in [-0.05, 0) is 28.8 Å². The van der Waals surface area contributed by atoms with Gasteiger partial charge in [0.05, 0.1) is 6.54 Å². The molecule has 1 aliphatic rings. The van der Waals surface area contributed by atoms with Crippen LogP contribution in [0.4, 0.5) is 0 Å². The van der Waals surface area contributed by atoms with Crippen molar-refractivity contribution >= 4 is 17.2 Å². The summed E-state index contributed by atoms with van der Waals surface area (Å²) in [6.45, 7) is 3.57. The predicted octanol–water partition coefficient (Wildman–Crippen LogP) is 2.76. The molecule has 0 radical (unpaired) electrons. The van der Waals surface area contributed by atoms with E-state index in [4.69, 9.17) is 0 Å². The van der Waals surface area contributed by atoms with Crippen LogP contribution >= 0.6 is 11.3 Å². The third-order valence-electron chi connectivity index (χ3n) is 3.19. The molecule has 1 unspecified atom stereocenters. The van der Waals surface area contributed by atoms with Gasteiger partial charge in [0.1, 0.15) is 6.17 Å². The average Bonchev–Trinajstić information content (AvgIpc) is 2.94. The molecule has 4 heteroatoms. The standard InChI is InChI=1S/C13H20N2OS/c1-2-3-4-5-7-15-12(16)9-14-13(15)11-6-8-17-10-11/h6,8,10,13-14H,2-5,7,9H2,1H3. The van der Waals surface area contributed by atoms with E-state index in [0.29, 0.717) is 6.54 Å². The van der Waals surface area contributed by atoms with Gasteiger partial charge in [-0.2, -0.15) is 11.3 Å². The molecule has 17 heavy (non-hydrogen) atoms. The van der Waals surface area contributed by atoms with Crippen molar-refractivity contribution in [3.05, 3.63) is 22.4 Å². The number of carbonyl (C=O) groups is 1. The maximum Gasteiger partial charge on any atom is 0.238 e. The molecule has 1 N–H and O–H groups in total. The van der Waals surface area contributed by atoms with Crippen LogP contribution in [0.3, 0.4) is 0 Å². The fourth-order valence-electron chi connectivity index (χ4n) is 2.23. The monoisotopic (exact) mass is 252 g/mol. The highest BCUT2D eigenvalue weighted by molar-refractivity contribution is 7.07. The Morgan fingerprint density at radius 1 is 1.47 bits per heavy atom. The Morgan fingerprint density at radius 2 is 2.35 bits per heavy atom. The first-order valence-corrected chi connectivity index (χ1v) is 7.32. The third kappa shape index (κ3) is 3.07. The van der Waals surface area contributed by atoms with Crippen molar-refractivity contribution in [2.75, 3.05) is 13.1 Å². The quantitative estimate of drug-likeness (QED) is 0.790. The number of rotatable bonds is 6. The van der Waals surface area contributed by atoms with Gasteiger partial charge in [-0.3, -0.25) is 10.1 Å². The summed E-state index contributed by atoms with van der Waals surface area (Å²) in [5.41, 5.74) is 1.22. The van der Waals surface area contributed by atoms with Gasteiger partial charge in [-0.25, -0.2) is 0 Å². The zero-order chi connectivity index (χ0) is 12.1. The first-order chi connectivity index (χ1) is 8.33. The molecule has 1 aliphatic heterocycles. The van der Waals surface area contributed by atoms with Crippen molar-refractivity contribution in [1.82, 2.24) is 10.2 Å². The third-order valence-corrected chi connectivity index (χ3v) is 3.89. The molecular formula is C13H20N2OS. The Hall–Kier alpha value is -0.870. The molecule has 3 nitrogen and oxygen atoms in total. The van der Waals surface area contributed by atoms with Crippen LogP contribution in [0.2, 0.25) is 0 Å². The van der Waals surface area contributed by atoms with E-state index in [1.807, 2.05) is 4.90 Å². The van der Waals surface area contributed by atoms with Gasteiger partial charge in [-0.15, -0.1) is 0 Å². The SMILES string of the molecule is CCCCCCN1C(=O)CNC1c1ccsc1. The number of nitrogens with zero attached hydrogens (tertiary/aromatic N) is 1. The molecule has 1 saturated heterocycles. The smallest absolute Gasteiger partial charge is 0.238 e. The van der Waals surface area contributed by atoms with Crippen LogP contribution in [-0.4, -0.2) is 23.9 Å². The van der Waals surface area contributed by atoms with E-state index in [1.54, 1.807) is 11.3 Å². The van der Waals surface area contributed by atoms with Crippen LogP contribution in [-0.2, 0) is 4.79 Å². The van der Waals surface area contributed by atoms with Gasteiger partial charge in [0.25, 0.3) is 0 Å². The summed E-state index contributed by atoms with van der Waals surface area (Å²) >= 11 is 1.68. The van der Waals surface area contributed by atoms with E-state index >= 15 is 0 Å². The molecule has 0 saturated carbocycles. The van der Waals surface area contributed by atoms with Gasteiger partial charge in [0.2, 0.25) is 5.91 Å². The van der Waals surface area contributed by atoms with Gasteiger partial charge >= 0.3 is 0 Å². The van der Waals surface area contributed by atoms with E-state index in [9.17, 15) is 4.79 Å². The summed E-state index contributed by atoms with van der Waals surface area (Å²) in [4.78, 5) is 13.8. The second kappa shape index (κ2) is 6.17. The molecule has 2 rings (SSSR count). The van der Waals surface area contributed by atoms with Gasteiger partial charge < -0.3 is 4.90 Å². The largest absolute Gasteiger partial charge is 0.322 e. The minimum Gasteiger partial charge on any atom is -0.322 e. The summed E-state index contributed by atoms with van der Waals surface area (Å²) < 4.78 is 0. The predicted molar refractivity (Wildman–Crippen MR) is 70.9 cm³/mol. The molecular weight excluding hydrogens is 232 g/mol. The Kier molecular flexibility index (Phi) is 4.57. The molecule has 1 aromatic heterocycles. The van der Waals surface area contributed by atoms with Crippen molar-refractivity contribution in [3.8, 4) is 0 Å². The normalized spacial score (nSPS) is 20.2. The number of unbranched alkanes of at least 4 members (excludes halogenated alkanes) is 3. The Morgan fingerprint density at radius 3 is 3.06 bits per heavy atom. The molecule has 1 amide bonds. The average molecular weight is 252 g/mol. The second-order valence-electron chi connectivity index (χ2n) is 4.49. The van der Waals surface area contributed by atoms with Gasteiger partial charge in [-0.1, -0.05) is 26.2 Å². The molecule has 0 spiro atoms. The van der Waals surface area contributed by atoms with Gasteiger partial charge in [0, 0.05) is 6.54 Å². The zero-order valence-electron chi connectivity index (χ0n) is 10.3. The number of hydrogen-bond donors (Lipinski definition) is 1. The van der Waals surface area contributed by atoms with Crippen molar-refractivity contribution in [2.45, 2.75) is 38.8 Å². The summed E-state index contributed by atoms with van der Waals surface area (Å²) in [5.74, 6) is 0.234. The number of hydrogen-bond acceptors (Lipinski definition) is 3. The van der Waals surface area contributed by atoms with Crippen LogP contribution < -0.4 is 5.32 Å². The van der Waals surface area contributed by atoms with Gasteiger partial charge in [0.15, 0.2) is 0 Å². The summed E-state index contributed by atoms with van der Waals surface area (Å²) in [7, 11) is 0. The molecule has 1 fully saturated rings. The van der Waals surface area contributed by atoms with E-state index < -0.39 is 0 Å². The molecule has 1 aromatic rings. The first-order valence-electron chi connectivity index (χ1n) is 6.38. The minimum absolute atomic E-state index is 0.107. The summed E-state index contributed by atoms with van der Waals surface area (Å²) in [6, 6.07) is 2.10. The fraction of sp³-hybridized carbons (Fsp3) is 0.615. The van der Waals surface area contributed by atoms with E-state index in [0.717, 1.165) is 13.0 Å². The van der Waals surface area contributed by atoms with Crippen LogP contribution in [0.25, 0.3) is 0 Å². The highest BCUT2D eigenvalue weighted by Crippen LogP contribution is 2.24. The van der Waals surface area contributed by atoms with Crippen LogP contribution in [0.1, 0.15) is 44.3 Å². The second-order valence-corrected chi connectivity index (χ2v) is 5.27. The Balaban J connectivity index is 1.90. The Labute approximate surface area is 107 Å². The lowest BCUT2D eigenvalue weighted by Gasteiger charge is -2.23. The lowest BCUT2D eigenvalue weighted by Crippen LogP contribution is -2.30. The minimum atomic E-state index is 0.107. The molecule has 94 valence electrons. The number of carbonyl (C=O) groups excluding carboxylic acids is 1. The molecule has 0 aromatic carbocycles. The number of nitrogens with one attached hydrogen (secondary N) is 1. The number of thiophene rings is 1. The topological polar surface area (TPSA) is 32.3 Å². The van der Waals surface area contributed by atoms with Crippen LogP contribution in [0.5, 0.6) is 0 Å². The summed E-state index contributed by atoms with van der Waals surface area (Å²) in [6.07, 6.45) is 4.94. The fourth-order valence-corrected chi connectivity index (χ4v) is 2.91. The maximum atomic E-state index is 11.8. The van der Waals surface area contributed by atoms with Crippen LogP contribution in [0.15, 0.2) is 16.8 Å². The molecule has 1 atom stereocenters. The van der Waals surface area contributed by atoms with Crippen molar-refractivity contribution < 1.29 is 4.79 Å². The zero-order valence-corrected chi connectivity index (χ0v) is 11.1. The maximum absolute atomic E-state index is 11.8. The van der Waals surface area contributed by atoms with E-state index in [2.05, 4.69) is 29.1 Å². The van der Waals surface area contributed by atoms with E-state index in [1.165, 1.54) is 24.8 Å². The molecule has 0 bridgehead atoms. The van der Waals surface area contributed by atoms with Crippen molar-refractivity contribution in [1.29, 1.82) is 0 Å². The lowest BCUT2D eigenvalue weighted by molar-refractivity contribution is -0.128.